The molecule has 0 aromatic heterocycles. The maximum atomic E-state index is 2.66. The summed E-state index contributed by atoms with van der Waals surface area (Å²) in [6.45, 7) is 15.1. The first-order chi connectivity index (χ1) is 17.4. The second-order valence-corrected chi connectivity index (χ2v) is 32.9. The van der Waals surface area contributed by atoms with Gasteiger partial charge >= 0.3 is 228 Å². The van der Waals surface area contributed by atoms with Gasteiger partial charge in [0.15, 0.2) is 0 Å². The van der Waals surface area contributed by atoms with Crippen molar-refractivity contribution < 1.29 is 44.9 Å². The molecule has 0 nitrogen and oxygen atoms in total. The molecule has 0 bridgehead atoms. The summed E-state index contributed by atoms with van der Waals surface area (Å²) in [5.74, 6) is 1.50. The minimum Gasteiger partial charge on any atom is -1.00 e. The molecule has 1 saturated heterocycles. The van der Waals surface area contributed by atoms with Gasteiger partial charge in [-0.15, -0.1) is 0 Å². The first-order valence-electron chi connectivity index (χ1n) is 14.8. The topological polar surface area (TPSA) is 0 Å². The van der Waals surface area contributed by atoms with Crippen molar-refractivity contribution in [3.8, 4) is 0 Å². The van der Waals surface area contributed by atoms with Crippen LogP contribution in [0.1, 0.15) is 92.9 Å². The van der Waals surface area contributed by atoms with Crippen LogP contribution in [0.2, 0.25) is 12.1 Å². The van der Waals surface area contributed by atoms with Crippen LogP contribution in [0.25, 0.3) is 0 Å². The first-order valence-corrected chi connectivity index (χ1v) is 25.7. The van der Waals surface area contributed by atoms with E-state index in [4.69, 9.17) is 0 Å². The van der Waals surface area contributed by atoms with Gasteiger partial charge in [0.05, 0.1) is 0 Å². The van der Waals surface area contributed by atoms with Gasteiger partial charge < -0.3 is 24.8 Å². The summed E-state index contributed by atoms with van der Waals surface area (Å²) in [6.07, 6.45) is 16.6. The molecule has 2 atom stereocenters. The Morgan fingerprint density at radius 3 is 1.47 bits per heavy atom. The molecule has 0 N–H and O–H groups in total. The predicted molar refractivity (Wildman–Crippen MR) is 152 cm³/mol. The minimum absolute atomic E-state index is 0. The number of halogens is 2. The van der Waals surface area contributed by atoms with Crippen molar-refractivity contribution in [2.45, 2.75) is 105 Å². The Labute approximate surface area is 251 Å². The maximum Gasteiger partial charge on any atom is -1.00 e. The zero-order chi connectivity index (χ0) is 24.9. The third kappa shape index (κ3) is 4.05. The fourth-order valence-corrected chi connectivity index (χ4v) is 42.5. The molecule has 7 rings (SSSR count). The Kier molecular flexibility index (Phi) is 8.25. The van der Waals surface area contributed by atoms with Gasteiger partial charge in [-0.25, -0.2) is 0 Å². The molecule has 4 heteroatoms. The summed E-state index contributed by atoms with van der Waals surface area (Å²) in [5.41, 5.74) is 20.4. The zero-order valence-corrected chi connectivity index (χ0v) is 30.2. The van der Waals surface area contributed by atoms with Crippen LogP contribution < -0.4 is 24.8 Å². The fraction of sp³-hybridized carbons (Fsp3) is 0.529. The van der Waals surface area contributed by atoms with Crippen molar-refractivity contribution in [2.24, 2.45) is 11.8 Å². The summed E-state index contributed by atoms with van der Waals surface area (Å²) in [4.78, 5) is 0. The molecule has 2 saturated carbocycles. The average molecular weight is 728 g/mol. The van der Waals surface area contributed by atoms with Crippen LogP contribution in [0, 0.1) is 11.8 Å². The molecule has 6 aliphatic carbocycles. The van der Waals surface area contributed by atoms with Gasteiger partial charge in [0, 0.05) is 0 Å². The summed E-state index contributed by atoms with van der Waals surface area (Å²) >= 11 is -2.35. The van der Waals surface area contributed by atoms with Gasteiger partial charge in [-0.05, 0) is 0 Å². The quantitative estimate of drug-likeness (QED) is 0.381. The van der Waals surface area contributed by atoms with Gasteiger partial charge in [-0.3, -0.25) is 0 Å². The van der Waals surface area contributed by atoms with Crippen molar-refractivity contribution in [1.29, 1.82) is 0 Å². The largest absolute Gasteiger partial charge is 1.00 e. The second-order valence-electron chi connectivity index (χ2n) is 12.7. The third-order valence-corrected chi connectivity index (χ3v) is 38.9. The van der Waals surface area contributed by atoms with E-state index in [0.717, 1.165) is 11.8 Å². The van der Waals surface area contributed by atoms with E-state index in [1.165, 1.54) is 51.4 Å². The van der Waals surface area contributed by atoms with Crippen LogP contribution in [0.15, 0.2) is 85.7 Å². The van der Waals surface area contributed by atoms with Crippen LogP contribution in [0.4, 0.5) is 0 Å². The Morgan fingerprint density at radius 1 is 0.632 bits per heavy atom. The van der Waals surface area contributed by atoms with E-state index >= 15 is 0 Å². The monoisotopic (exact) mass is 728 g/mol. The summed E-state index contributed by atoms with van der Waals surface area (Å²) < 4.78 is 3.97. The fourth-order valence-electron chi connectivity index (χ4n) is 9.21. The van der Waals surface area contributed by atoms with E-state index in [0.29, 0.717) is 0 Å². The van der Waals surface area contributed by atoms with Crippen molar-refractivity contribution in [3.63, 3.8) is 0 Å². The van der Waals surface area contributed by atoms with Gasteiger partial charge in [0.25, 0.3) is 0 Å². The number of fused-ring (bicyclic) bond motifs is 4. The second kappa shape index (κ2) is 10.8. The van der Waals surface area contributed by atoms with Gasteiger partial charge in [0.1, 0.15) is 0 Å². The van der Waals surface area contributed by atoms with Crippen LogP contribution in [-0.2, 0) is 20.1 Å². The molecule has 200 valence electrons. The number of hydrogen-bond donors (Lipinski definition) is 0. The molecule has 0 aromatic rings. The zero-order valence-electron chi connectivity index (χ0n) is 24.1. The molecule has 0 spiro atoms. The van der Waals surface area contributed by atoms with Gasteiger partial charge in [0.2, 0.25) is 0 Å². The van der Waals surface area contributed by atoms with Crippen LogP contribution in [-0.4, -0.2) is 5.49 Å². The summed E-state index contributed by atoms with van der Waals surface area (Å²) in [5, 5.41) is 0. The Morgan fingerprint density at radius 2 is 1.05 bits per heavy atom. The minimum atomic E-state index is -2.35. The molecular weight excluding hydrogens is 686 g/mol. The van der Waals surface area contributed by atoms with E-state index in [-0.39, 0.29) is 30.3 Å². The van der Waals surface area contributed by atoms with Crippen LogP contribution in [0.3, 0.4) is 0 Å². The molecule has 7 aliphatic rings. The van der Waals surface area contributed by atoms with E-state index in [1.54, 1.807) is 79.0 Å². The number of rotatable bonds is 2. The molecule has 38 heavy (non-hydrogen) atoms. The van der Waals surface area contributed by atoms with E-state index in [2.05, 4.69) is 53.7 Å². The van der Waals surface area contributed by atoms with Crippen LogP contribution >= 0.6 is 0 Å². The normalized spacial score (nSPS) is 27.8. The number of allylic oxidation sites excluding steroid dienone is 16. The maximum absolute atomic E-state index is 2.66. The Bertz CT molecular complexity index is 1330. The molecule has 1 aliphatic heterocycles. The van der Waals surface area contributed by atoms with Gasteiger partial charge in [-0.1, -0.05) is 0 Å². The van der Waals surface area contributed by atoms with E-state index in [9.17, 15) is 0 Å². The molecule has 2 unspecified atom stereocenters. The summed E-state index contributed by atoms with van der Waals surface area (Å²) in [7, 11) is 0. The molecular formula is C34H42Cl2HfSi. The third-order valence-electron chi connectivity index (χ3n) is 10.9. The summed E-state index contributed by atoms with van der Waals surface area (Å²) in [6, 6.07) is 3.19. The number of hydrogen-bond acceptors (Lipinski definition) is 0. The molecule has 0 amide bonds. The Balaban J connectivity index is 0.00000147. The van der Waals surface area contributed by atoms with Crippen LogP contribution in [0.5, 0.6) is 0 Å². The SMILES string of the molecule is CC1=[C]([Hf+2]([C]2=C(C)C=C3C(C)=C4CCCC4C(C)=C32)=[Si]2CCCC2)C2=C(C)C3CCCC3=C(C)C2=C1.[Cl-].[Cl-]. The molecule has 1 heterocycles. The average Bonchev–Trinajstić information content (AvgIpc) is 3.68. The predicted octanol–water partition coefficient (Wildman–Crippen LogP) is 3.72. The molecule has 0 radical (unpaired) electrons. The van der Waals surface area contributed by atoms with Crippen molar-refractivity contribution in [2.75, 3.05) is 0 Å². The standard InChI is InChI=1S/2C15H17.C4H8Si.2ClH.Hf/c2*1-9-7-14-10(2)12-5-4-6-13(12)11(3)15(14)8-9;1-2-4-5-3-1;;;/h2*7,13H,4-6H2,1-3H3;1-4H2;2*1H;/q;;;;;+2/p-2. The van der Waals surface area contributed by atoms with E-state index in [1.807, 2.05) is 6.66 Å². The molecule has 0 aromatic carbocycles. The van der Waals surface area contributed by atoms with Crippen molar-refractivity contribution >= 4 is 5.49 Å². The Hall–Kier alpha value is -0.413. The van der Waals surface area contributed by atoms with E-state index < -0.39 is 20.1 Å². The van der Waals surface area contributed by atoms with Gasteiger partial charge in [-0.2, -0.15) is 0 Å². The van der Waals surface area contributed by atoms with Crippen molar-refractivity contribution in [3.05, 3.63) is 85.7 Å². The smallest absolute Gasteiger partial charge is 1.00 e. The first kappa shape index (κ1) is 29.1. The van der Waals surface area contributed by atoms with Crippen molar-refractivity contribution in [1.82, 2.24) is 0 Å². The molecule has 3 fully saturated rings.